The predicted molar refractivity (Wildman–Crippen MR) is 74.9 cm³/mol. The summed E-state index contributed by atoms with van der Waals surface area (Å²) in [5.74, 6) is 0.123. The highest BCUT2D eigenvalue weighted by molar-refractivity contribution is 5.81. The van der Waals surface area contributed by atoms with Gasteiger partial charge in [-0.05, 0) is 45.2 Å². The van der Waals surface area contributed by atoms with Gasteiger partial charge in [-0.15, -0.1) is 0 Å². The molecule has 5 nitrogen and oxygen atoms in total. The van der Waals surface area contributed by atoms with Gasteiger partial charge in [0.15, 0.2) is 0 Å². The Morgan fingerprint density at radius 1 is 1.37 bits per heavy atom. The van der Waals surface area contributed by atoms with E-state index in [0.717, 1.165) is 32.4 Å². The third-order valence-electron chi connectivity index (χ3n) is 4.31. The summed E-state index contributed by atoms with van der Waals surface area (Å²) in [6.45, 7) is 4.82. The van der Waals surface area contributed by atoms with Crippen molar-refractivity contribution >= 4 is 5.91 Å². The number of carbonyl (C=O) groups is 1. The lowest BCUT2D eigenvalue weighted by Gasteiger charge is -2.25. The lowest BCUT2D eigenvalue weighted by molar-refractivity contribution is -0.131. The smallest absolute Gasteiger partial charge is 0.239 e. The Morgan fingerprint density at radius 2 is 2.11 bits per heavy atom. The summed E-state index contributed by atoms with van der Waals surface area (Å²) < 4.78 is 4.99. The number of amides is 1. The molecular weight excluding hydrogens is 242 g/mol. The molecule has 0 aromatic heterocycles. The zero-order chi connectivity index (χ0) is 13.7. The molecule has 2 fully saturated rings. The van der Waals surface area contributed by atoms with Crippen molar-refractivity contribution in [3.63, 3.8) is 0 Å². The summed E-state index contributed by atoms with van der Waals surface area (Å²) in [6, 6.07) is 0.213. The number of nitrogens with zero attached hydrogens (tertiary/aromatic N) is 2. The summed E-state index contributed by atoms with van der Waals surface area (Å²) >= 11 is 0. The minimum atomic E-state index is -0.354. The monoisotopic (exact) mass is 269 g/mol. The van der Waals surface area contributed by atoms with E-state index in [9.17, 15) is 4.79 Å². The van der Waals surface area contributed by atoms with E-state index >= 15 is 0 Å². The molecule has 1 amide bonds. The Bertz CT molecular complexity index is 292. The first-order valence-corrected chi connectivity index (χ1v) is 7.49. The third kappa shape index (κ3) is 3.91. The van der Waals surface area contributed by atoms with Gasteiger partial charge in [-0.25, -0.2) is 0 Å². The van der Waals surface area contributed by atoms with Crippen molar-refractivity contribution in [1.82, 2.24) is 9.80 Å². The van der Waals surface area contributed by atoms with E-state index in [0.29, 0.717) is 12.6 Å². The largest absolute Gasteiger partial charge is 0.385 e. The van der Waals surface area contributed by atoms with Crippen molar-refractivity contribution in [3.05, 3.63) is 0 Å². The molecule has 0 spiro atoms. The van der Waals surface area contributed by atoms with E-state index < -0.39 is 0 Å². The molecule has 0 radical (unpaired) electrons. The van der Waals surface area contributed by atoms with Crippen molar-refractivity contribution in [2.45, 2.75) is 44.2 Å². The normalized spacial score (nSPS) is 26.0. The van der Waals surface area contributed by atoms with Crippen LogP contribution in [0.2, 0.25) is 0 Å². The SMILES string of the molecule is COCCCC(N)C(=O)N1CCC(N2CCCC2)C1. The fraction of sp³-hybridized carbons (Fsp3) is 0.929. The first kappa shape index (κ1) is 14.8. The molecule has 2 rings (SSSR count). The number of ether oxygens (including phenoxy) is 1. The molecule has 5 heteroatoms. The molecule has 2 aliphatic heterocycles. The van der Waals surface area contributed by atoms with E-state index in [-0.39, 0.29) is 11.9 Å². The van der Waals surface area contributed by atoms with E-state index in [1.165, 1.54) is 25.9 Å². The quantitative estimate of drug-likeness (QED) is 0.711. The standard InChI is InChI=1S/C14H27N3O2/c1-19-10-4-5-13(15)14(18)17-9-6-12(11-17)16-7-2-3-8-16/h12-13H,2-11,15H2,1H3. The van der Waals surface area contributed by atoms with Gasteiger partial charge in [0.2, 0.25) is 5.91 Å². The van der Waals surface area contributed by atoms with Crippen LogP contribution in [0.1, 0.15) is 32.1 Å². The van der Waals surface area contributed by atoms with Crippen LogP contribution in [0.5, 0.6) is 0 Å². The summed E-state index contributed by atoms with van der Waals surface area (Å²) in [6.07, 6.45) is 5.29. The van der Waals surface area contributed by atoms with Crippen molar-refractivity contribution in [2.24, 2.45) is 5.73 Å². The molecule has 2 atom stereocenters. The van der Waals surface area contributed by atoms with Gasteiger partial charge in [-0.2, -0.15) is 0 Å². The molecule has 0 aliphatic carbocycles. The molecule has 0 aromatic rings. The second kappa shape index (κ2) is 7.22. The molecule has 2 N–H and O–H groups in total. The number of rotatable bonds is 6. The Hall–Kier alpha value is -0.650. The van der Waals surface area contributed by atoms with Crippen LogP contribution in [0.4, 0.5) is 0 Å². The lowest BCUT2D eigenvalue weighted by atomic mass is 10.1. The second-order valence-corrected chi connectivity index (χ2v) is 5.71. The van der Waals surface area contributed by atoms with E-state index in [1.54, 1.807) is 7.11 Å². The highest BCUT2D eigenvalue weighted by Crippen LogP contribution is 2.21. The van der Waals surface area contributed by atoms with Crippen molar-refractivity contribution in [1.29, 1.82) is 0 Å². The van der Waals surface area contributed by atoms with Crippen molar-refractivity contribution in [2.75, 3.05) is 39.9 Å². The molecule has 0 saturated carbocycles. The minimum Gasteiger partial charge on any atom is -0.385 e. The molecule has 2 heterocycles. The third-order valence-corrected chi connectivity index (χ3v) is 4.31. The Kier molecular flexibility index (Phi) is 5.60. The number of hydrogen-bond donors (Lipinski definition) is 1. The number of likely N-dealkylation sites (tertiary alicyclic amines) is 2. The van der Waals surface area contributed by atoms with Crippen molar-refractivity contribution in [3.8, 4) is 0 Å². The highest BCUT2D eigenvalue weighted by Gasteiger charge is 2.33. The summed E-state index contributed by atoms with van der Waals surface area (Å²) in [4.78, 5) is 16.7. The van der Waals surface area contributed by atoms with E-state index in [2.05, 4.69) is 4.90 Å². The fourth-order valence-electron chi connectivity index (χ4n) is 3.15. The molecule has 0 aromatic carbocycles. The van der Waals surface area contributed by atoms with Crippen LogP contribution in [0, 0.1) is 0 Å². The molecule has 2 unspecified atom stereocenters. The van der Waals surface area contributed by atoms with Gasteiger partial charge in [0.1, 0.15) is 0 Å². The second-order valence-electron chi connectivity index (χ2n) is 5.71. The summed E-state index contributed by atoms with van der Waals surface area (Å²) in [5.41, 5.74) is 5.98. The average molecular weight is 269 g/mol. The number of nitrogens with two attached hydrogens (primary N) is 1. The van der Waals surface area contributed by atoms with Gasteiger partial charge < -0.3 is 15.4 Å². The van der Waals surface area contributed by atoms with Crippen LogP contribution >= 0.6 is 0 Å². The number of methoxy groups -OCH3 is 1. The fourth-order valence-corrected chi connectivity index (χ4v) is 3.15. The maximum absolute atomic E-state index is 12.2. The zero-order valence-electron chi connectivity index (χ0n) is 12.0. The predicted octanol–water partition coefficient (Wildman–Crippen LogP) is 0.437. The van der Waals surface area contributed by atoms with Crippen LogP contribution in [-0.4, -0.2) is 67.7 Å². The van der Waals surface area contributed by atoms with Gasteiger partial charge in [0, 0.05) is 32.8 Å². The average Bonchev–Trinajstić information content (AvgIpc) is 3.08. The van der Waals surface area contributed by atoms with Crippen LogP contribution in [0.25, 0.3) is 0 Å². The topological polar surface area (TPSA) is 58.8 Å². The molecule has 0 bridgehead atoms. The number of hydrogen-bond acceptors (Lipinski definition) is 4. The summed E-state index contributed by atoms with van der Waals surface area (Å²) in [7, 11) is 1.68. The van der Waals surface area contributed by atoms with Gasteiger partial charge in [-0.1, -0.05) is 0 Å². The first-order valence-electron chi connectivity index (χ1n) is 7.49. The zero-order valence-corrected chi connectivity index (χ0v) is 12.0. The van der Waals surface area contributed by atoms with Gasteiger partial charge >= 0.3 is 0 Å². The van der Waals surface area contributed by atoms with E-state index in [1.807, 2.05) is 4.90 Å². The minimum absolute atomic E-state index is 0.123. The van der Waals surface area contributed by atoms with E-state index in [4.69, 9.17) is 10.5 Å². The molecule has 2 aliphatic rings. The Labute approximate surface area is 116 Å². The first-order chi connectivity index (χ1) is 9.22. The van der Waals surface area contributed by atoms with Crippen LogP contribution in [-0.2, 0) is 9.53 Å². The van der Waals surface area contributed by atoms with Crippen LogP contribution < -0.4 is 5.73 Å². The van der Waals surface area contributed by atoms with Gasteiger partial charge in [0.05, 0.1) is 6.04 Å². The highest BCUT2D eigenvalue weighted by atomic mass is 16.5. The summed E-state index contributed by atoms with van der Waals surface area (Å²) in [5, 5.41) is 0. The molecule has 2 saturated heterocycles. The molecular formula is C14H27N3O2. The maximum Gasteiger partial charge on any atom is 0.239 e. The molecule has 19 heavy (non-hydrogen) atoms. The maximum atomic E-state index is 12.2. The molecule has 110 valence electrons. The van der Waals surface area contributed by atoms with Gasteiger partial charge in [-0.3, -0.25) is 9.69 Å². The van der Waals surface area contributed by atoms with Gasteiger partial charge in [0.25, 0.3) is 0 Å². The number of carbonyl (C=O) groups excluding carboxylic acids is 1. The van der Waals surface area contributed by atoms with Crippen LogP contribution in [0.3, 0.4) is 0 Å². The van der Waals surface area contributed by atoms with Crippen molar-refractivity contribution < 1.29 is 9.53 Å². The Balaban J connectivity index is 1.74. The Morgan fingerprint density at radius 3 is 2.79 bits per heavy atom. The van der Waals surface area contributed by atoms with Crippen LogP contribution in [0.15, 0.2) is 0 Å². The lowest BCUT2D eigenvalue weighted by Crippen LogP contribution is -2.44.